The third-order valence-corrected chi connectivity index (χ3v) is 10.9. The Morgan fingerprint density at radius 3 is 1.68 bits per heavy atom. The van der Waals surface area contributed by atoms with Gasteiger partial charge in [0.15, 0.2) is 29.2 Å². The van der Waals surface area contributed by atoms with E-state index in [1.54, 1.807) is 0 Å². The van der Waals surface area contributed by atoms with Crippen LogP contribution in [0, 0.1) is 0 Å². The molecule has 8 N–H and O–H groups in total. The average Bonchev–Trinajstić information content (AvgIpc) is 3.14. The number of carbonyl (C=O) groups excluding carboxylic acids is 3. The lowest BCUT2D eigenvalue weighted by atomic mass is 9.94. The molecule has 4 rings (SSSR count). The van der Waals surface area contributed by atoms with Gasteiger partial charge in [0.25, 0.3) is 0 Å². The Labute approximate surface area is 364 Å². The summed E-state index contributed by atoms with van der Waals surface area (Å²) in [6.45, 7) is -2.39. The molecule has 4 aliphatic rings. The molecule has 65 heavy (non-hydrogen) atoms. The van der Waals surface area contributed by atoms with E-state index < -0.39 is 189 Å². The van der Waals surface area contributed by atoms with Gasteiger partial charge < -0.3 is 107 Å². The van der Waals surface area contributed by atoms with E-state index in [2.05, 4.69) is 12.5 Å². The highest BCUT2D eigenvalue weighted by Gasteiger charge is 2.56. The van der Waals surface area contributed by atoms with Crippen LogP contribution >= 0.6 is 0 Å². The Morgan fingerprint density at radius 1 is 0.646 bits per heavy atom. The molecule has 4 aliphatic heterocycles. The van der Waals surface area contributed by atoms with Gasteiger partial charge in [-0.05, 0) is 6.08 Å². The van der Waals surface area contributed by atoms with E-state index in [0.29, 0.717) is 6.08 Å². The van der Waals surface area contributed by atoms with E-state index >= 15 is 0 Å². The van der Waals surface area contributed by atoms with Gasteiger partial charge >= 0.3 is 0 Å². The highest BCUT2D eigenvalue weighted by molar-refractivity contribution is 7.83. The fraction of sp³-hybridized carbons (Fsp3) is 0.808. The predicted octanol–water partition coefficient (Wildman–Crippen LogP) is -13.4. The minimum Gasteiger partial charge on any atom is -0.735 e. The third-order valence-electron chi connectivity index (χ3n) is 9.02. The number of amides is 1. The summed E-state index contributed by atoms with van der Waals surface area (Å²) < 4.78 is 187. The molecule has 0 aromatic rings. The number of nitrogens with one attached hydrogen (secondary N) is 2. The van der Waals surface area contributed by atoms with Gasteiger partial charge in [0, 0.05) is 6.92 Å². The van der Waals surface area contributed by atoms with Crippen LogP contribution in [0.3, 0.4) is 0 Å². The van der Waals surface area contributed by atoms with Gasteiger partial charge in [-0.2, -0.15) is 0 Å². The number of ether oxygens (including phenoxy) is 7. The van der Waals surface area contributed by atoms with E-state index in [9.17, 15) is 107 Å². The fourth-order valence-electron chi connectivity index (χ4n) is 6.42. The zero-order chi connectivity index (χ0) is 49.3. The predicted molar refractivity (Wildman–Crippen MR) is 176 cm³/mol. The van der Waals surface area contributed by atoms with Crippen molar-refractivity contribution < 1.29 is 153 Å². The Kier molecular flexibility index (Phi) is 17.7. The molecule has 0 aliphatic carbocycles. The minimum atomic E-state index is -6.13. The van der Waals surface area contributed by atoms with Crippen LogP contribution < -0.4 is 20.3 Å². The van der Waals surface area contributed by atoms with Crippen LogP contribution in [0.5, 0.6) is 0 Å². The van der Waals surface area contributed by atoms with Gasteiger partial charge in [-0.1, -0.05) is 0 Å². The van der Waals surface area contributed by atoms with Crippen LogP contribution in [0.15, 0.2) is 11.8 Å². The molecule has 0 spiro atoms. The van der Waals surface area contributed by atoms with Gasteiger partial charge in [0.05, 0.1) is 19.2 Å². The van der Waals surface area contributed by atoms with Crippen molar-refractivity contribution in [2.45, 2.75) is 117 Å². The molecule has 4 unspecified atom stereocenters. The van der Waals surface area contributed by atoms with Crippen LogP contribution in [0.25, 0.3) is 0 Å². The largest absolute Gasteiger partial charge is 0.735 e. The Bertz CT molecular complexity index is 2210. The van der Waals surface area contributed by atoms with E-state index in [-0.39, 0.29) is 0 Å². The van der Waals surface area contributed by atoms with E-state index in [0.717, 1.165) is 11.6 Å². The number of aliphatic hydroxyl groups excluding tert-OH is 6. The van der Waals surface area contributed by atoms with Crippen molar-refractivity contribution in [1.82, 2.24) is 10.0 Å². The third kappa shape index (κ3) is 15.0. The molecule has 0 bridgehead atoms. The van der Waals surface area contributed by atoms with Gasteiger partial charge in [-0.3, -0.25) is 17.3 Å². The number of aliphatic hydroxyl groups is 6. The molecule has 0 aromatic carbocycles. The first-order valence-corrected chi connectivity index (χ1v) is 22.7. The molecule has 0 radical (unpaired) electrons. The molecule has 376 valence electrons. The summed E-state index contributed by atoms with van der Waals surface area (Å²) in [7, 11) is -23.4. The van der Waals surface area contributed by atoms with Gasteiger partial charge in [0.2, 0.25) is 43.4 Å². The van der Waals surface area contributed by atoms with Gasteiger partial charge in [-0.15, -0.1) is 0 Å². The first kappa shape index (κ1) is 54.6. The van der Waals surface area contributed by atoms with Crippen molar-refractivity contribution in [3.63, 3.8) is 0 Å². The monoisotopic (exact) mass is 1030 g/mol. The molecule has 35 nitrogen and oxygen atoms in total. The number of carboxylic acid groups (broad SMARTS) is 2. The second-order valence-electron chi connectivity index (χ2n) is 13.6. The lowest BCUT2D eigenvalue weighted by Gasteiger charge is -2.50. The molecular formula is C26H34N2O33S4-6. The van der Waals surface area contributed by atoms with Crippen molar-refractivity contribution in [2.24, 2.45) is 0 Å². The van der Waals surface area contributed by atoms with Crippen molar-refractivity contribution in [3.05, 3.63) is 11.8 Å². The summed E-state index contributed by atoms with van der Waals surface area (Å²) in [5.41, 5.74) is 0. The highest BCUT2D eigenvalue weighted by Crippen LogP contribution is 2.35. The number of rotatable bonds is 19. The summed E-state index contributed by atoms with van der Waals surface area (Å²) in [6, 6.07) is -4.89. The number of hydrogen-bond acceptors (Lipinski definition) is 33. The van der Waals surface area contributed by atoms with Crippen LogP contribution in [0.2, 0.25) is 0 Å². The fourth-order valence-corrected chi connectivity index (χ4v) is 8.10. The first-order chi connectivity index (χ1) is 29.7. The molecular weight excluding hydrogens is 997 g/mol. The van der Waals surface area contributed by atoms with E-state index in [1.807, 2.05) is 5.32 Å². The Morgan fingerprint density at radius 2 is 1.18 bits per heavy atom. The maximum Gasteiger partial charge on any atom is 0.229 e. The molecule has 18 atom stereocenters. The number of hydrogen-bond donors (Lipinski definition) is 8. The lowest BCUT2D eigenvalue weighted by molar-refractivity contribution is -0.382. The van der Waals surface area contributed by atoms with E-state index in [1.165, 1.54) is 0 Å². The Balaban J connectivity index is 1.71. The molecule has 1 amide bonds. The molecule has 4 heterocycles. The maximum atomic E-state index is 12.5. The zero-order valence-electron chi connectivity index (χ0n) is 31.7. The van der Waals surface area contributed by atoms with Crippen molar-refractivity contribution in [2.75, 3.05) is 13.2 Å². The van der Waals surface area contributed by atoms with Crippen molar-refractivity contribution in [3.8, 4) is 0 Å². The second-order valence-corrected chi connectivity index (χ2v) is 17.8. The van der Waals surface area contributed by atoms with Crippen LogP contribution in [0.1, 0.15) is 6.92 Å². The quantitative estimate of drug-likeness (QED) is 0.0440. The summed E-state index contributed by atoms with van der Waals surface area (Å²) in [6.07, 6.45) is -40.4. The second kappa shape index (κ2) is 21.1. The van der Waals surface area contributed by atoms with Crippen LogP contribution in [-0.4, -0.2) is 224 Å². The normalized spacial score (nSPS) is 38.5. The summed E-state index contributed by atoms with van der Waals surface area (Å²) in [4.78, 5) is 36.2. The number of carbonyl (C=O) groups is 3. The van der Waals surface area contributed by atoms with Crippen molar-refractivity contribution in [1.29, 1.82) is 0 Å². The maximum absolute atomic E-state index is 12.5. The number of aliphatic carboxylic acids is 2. The molecule has 39 heteroatoms. The van der Waals surface area contributed by atoms with Crippen LogP contribution in [-0.2, 0) is 102 Å². The topological polar surface area (TPSA) is 564 Å². The summed E-state index contributed by atoms with van der Waals surface area (Å²) in [5.74, 6) is -6.78. The average molecular weight is 1030 g/mol. The first-order valence-electron chi connectivity index (χ1n) is 17.3. The van der Waals surface area contributed by atoms with Gasteiger partial charge in [-0.25, -0.2) is 38.4 Å². The highest BCUT2D eigenvalue weighted by atomic mass is 32.3. The molecule has 0 aromatic heterocycles. The molecule has 3 fully saturated rings. The smallest absolute Gasteiger partial charge is 0.229 e. The minimum absolute atomic E-state index is 0.456. The lowest BCUT2D eigenvalue weighted by Crippen LogP contribution is -2.70. The van der Waals surface area contributed by atoms with Crippen molar-refractivity contribution >= 4 is 59.3 Å². The standard InChI is InChI=1S/C26H40N2O33S4/c1-5(29)27-10-13(32)16(57-25-12(31)6(30)2-7(55-25)21(35)36)8(3-52-63(43,44)45)56-24(10)59-19-14(33)15(34)26(60-20(19)22(37)38)58-17-9(4-53-64(46,47)48)54-23(39)11(28-62(40,41)42)18(17)61-65(49,50)51/h2,6,8-20,23-26,28,30-34,39H,3-4H2,1H3,(H,27,29)(H,35,36)(H,37,38)(H,40,41,42)(H,43,44,45)(H,46,47,48)(H,49,50,51)/p-6/t6-,8+,9+,10+,11+,12+,13+,14+,15+,16?,17?,18+,19?,20-,23?,24+,25-,26+/m0/s1. The molecule has 0 saturated carbocycles. The summed E-state index contributed by atoms with van der Waals surface area (Å²) >= 11 is 0. The SMILES string of the molecule is CC(=O)N[C@H]1[C@@H](OC2[C@@H](C(=O)[O-])O[C@@H](OC3[C@@H](COS(=O)(=O)[O-])OC(O)[C@H](NS(=O)(=O)[O-])[C@H]3OS(=O)(=O)[O-])[C@H](O)[C@H]2O)O[C@H](COS(=O)(=O)[O-])C(O[C@@H]2OC(C(=O)[O-])=C[C@H](O)[C@H]2O)[C@@H]1O. The van der Waals surface area contributed by atoms with Gasteiger partial charge in [0.1, 0.15) is 97.1 Å². The molecule has 3 saturated heterocycles. The Hall–Kier alpha value is -3.05. The zero-order valence-corrected chi connectivity index (χ0v) is 35.0. The van der Waals surface area contributed by atoms with E-state index in [4.69, 9.17) is 33.2 Å². The summed E-state index contributed by atoms with van der Waals surface area (Å²) in [5, 5.41) is 90.5. The van der Waals surface area contributed by atoms with Crippen LogP contribution in [0.4, 0.5) is 0 Å². The number of carboxylic acids is 2.